The zero-order valence-corrected chi connectivity index (χ0v) is 22.5. The van der Waals surface area contributed by atoms with Crippen LogP contribution in [0.25, 0.3) is 71.0 Å². The van der Waals surface area contributed by atoms with Gasteiger partial charge in [-0.25, -0.2) is 4.85 Å². The predicted octanol–water partition coefficient (Wildman–Crippen LogP) is 9.97. The first-order chi connectivity index (χ1) is 20.8. The van der Waals surface area contributed by atoms with Gasteiger partial charge in [-0.2, -0.15) is 5.26 Å². The third-order valence-electron chi connectivity index (χ3n) is 8.14. The van der Waals surface area contributed by atoms with E-state index in [0.717, 1.165) is 55.3 Å². The third-order valence-corrected chi connectivity index (χ3v) is 8.14. The predicted molar refractivity (Wildman–Crippen MR) is 172 cm³/mol. The normalized spacial score (nSPS) is 11.3. The first-order valence-corrected chi connectivity index (χ1v) is 13.8. The molecule has 2 heterocycles. The molecule has 0 fully saturated rings. The Balaban J connectivity index is 1.46. The number of para-hydroxylation sites is 4. The lowest BCUT2D eigenvalue weighted by molar-refractivity contribution is 1.17. The highest BCUT2D eigenvalue weighted by atomic mass is 15.0. The Morgan fingerprint density at radius 1 is 0.548 bits per heavy atom. The van der Waals surface area contributed by atoms with Crippen LogP contribution >= 0.6 is 0 Å². The molecule has 0 N–H and O–H groups in total. The van der Waals surface area contributed by atoms with Gasteiger partial charge in [0.15, 0.2) is 0 Å². The Labute approximate surface area is 242 Å². The molecular formula is C38H22N4. The third kappa shape index (κ3) is 3.40. The van der Waals surface area contributed by atoms with Crippen molar-refractivity contribution in [3.8, 4) is 28.6 Å². The maximum absolute atomic E-state index is 9.97. The van der Waals surface area contributed by atoms with Gasteiger partial charge in [0.1, 0.15) is 0 Å². The summed E-state index contributed by atoms with van der Waals surface area (Å²) in [7, 11) is 0. The Kier molecular flexibility index (Phi) is 5.22. The second-order valence-corrected chi connectivity index (χ2v) is 10.4. The fourth-order valence-electron chi connectivity index (χ4n) is 6.40. The summed E-state index contributed by atoms with van der Waals surface area (Å²) in [6, 6.07) is 47.8. The first kappa shape index (κ1) is 23.8. The van der Waals surface area contributed by atoms with Crippen LogP contribution in [0.2, 0.25) is 0 Å². The molecule has 0 saturated carbocycles. The molecule has 4 heteroatoms. The molecule has 194 valence electrons. The van der Waals surface area contributed by atoms with Crippen molar-refractivity contribution in [2.24, 2.45) is 0 Å². The van der Waals surface area contributed by atoms with E-state index in [1.165, 1.54) is 10.8 Å². The molecule has 2 aromatic heterocycles. The monoisotopic (exact) mass is 534 g/mol. The number of fused-ring (bicyclic) bond motifs is 6. The quantitative estimate of drug-likeness (QED) is 0.208. The van der Waals surface area contributed by atoms with Crippen LogP contribution < -0.4 is 0 Å². The van der Waals surface area contributed by atoms with Gasteiger partial charge in [0.25, 0.3) is 0 Å². The zero-order valence-electron chi connectivity index (χ0n) is 22.5. The second kappa shape index (κ2) is 9.24. The fraction of sp³-hybridized carbons (Fsp3) is 0. The highest BCUT2D eigenvalue weighted by Gasteiger charge is 2.21. The van der Waals surface area contributed by atoms with E-state index < -0.39 is 0 Å². The molecule has 0 unspecified atom stereocenters. The molecule has 0 amide bonds. The maximum atomic E-state index is 9.97. The molecule has 0 radical (unpaired) electrons. The van der Waals surface area contributed by atoms with E-state index in [4.69, 9.17) is 6.57 Å². The van der Waals surface area contributed by atoms with E-state index in [-0.39, 0.29) is 0 Å². The molecule has 4 nitrogen and oxygen atoms in total. The first-order valence-electron chi connectivity index (χ1n) is 13.8. The standard InChI is InChI=1S/C38H22N4/c1-40-33-22-25(24-39)21-32(38(33)42-36-19-8-4-15-30(36)31-16-5-9-20-37(31)42)26-11-10-12-27(23-26)41-34-17-6-2-13-28(34)29-14-3-7-18-35(29)41/h2-23H. The molecule has 0 bridgehead atoms. The fourth-order valence-corrected chi connectivity index (χ4v) is 6.40. The van der Waals surface area contributed by atoms with E-state index in [1.54, 1.807) is 6.07 Å². The summed E-state index contributed by atoms with van der Waals surface area (Å²) >= 11 is 0. The van der Waals surface area contributed by atoms with Crippen LogP contribution in [-0.4, -0.2) is 9.13 Å². The zero-order chi connectivity index (χ0) is 28.2. The molecule has 8 aromatic rings. The Bertz CT molecular complexity index is 2340. The SMILES string of the molecule is [C-]#[N+]c1cc(C#N)cc(-c2cccc(-n3c4ccccc4c4ccccc43)c2)c1-n1c2ccccc2c2ccccc21. The summed E-state index contributed by atoms with van der Waals surface area (Å²) in [4.78, 5) is 3.96. The summed E-state index contributed by atoms with van der Waals surface area (Å²) in [5.74, 6) is 0. The van der Waals surface area contributed by atoms with Crippen LogP contribution in [-0.2, 0) is 0 Å². The van der Waals surface area contributed by atoms with E-state index in [1.807, 2.05) is 30.3 Å². The summed E-state index contributed by atoms with van der Waals surface area (Å²) in [5, 5.41) is 14.6. The molecule has 6 aromatic carbocycles. The van der Waals surface area contributed by atoms with Gasteiger partial charge in [-0.3, -0.25) is 0 Å². The van der Waals surface area contributed by atoms with Gasteiger partial charge in [0.05, 0.1) is 40.4 Å². The minimum absolute atomic E-state index is 0.442. The average molecular weight is 535 g/mol. The summed E-state index contributed by atoms with van der Waals surface area (Å²) < 4.78 is 4.47. The largest absolute Gasteiger partial charge is 0.318 e. The number of nitrogens with zero attached hydrogens (tertiary/aromatic N) is 4. The molecule has 0 atom stereocenters. The number of benzene rings is 6. The molecule has 0 aliphatic heterocycles. The lowest BCUT2D eigenvalue weighted by atomic mass is 9.98. The van der Waals surface area contributed by atoms with Crippen molar-refractivity contribution in [3.63, 3.8) is 0 Å². The van der Waals surface area contributed by atoms with E-state index in [9.17, 15) is 5.26 Å². The smallest absolute Gasteiger partial charge is 0.212 e. The number of rotatable bonds is 3. The Morgan fingerprint density at radius 3 is 1.55 bits per heavy atom. The topological polar surface area (TPSA) is 38.0 Å². The van der Waals surface area contributed by atoms with Crippen LogP contribution in [0.3, 0.4) is 0 Å². The minimum Gasteiger partial charge on any atom is -0.318 e. The number of hydrogen-bond donors (Lipinski definition) is 0. The van der Waals surface area contributed by atoms with Gasteiger partial charge in [-0.1, -0.05) is 84.9 Å². The molecule has 42 heavy (non-hydrogen) atoms. The van der Waals surface area contributed by atoms with Crippen LogP contribution in [0.4, 0.5) is 5.69 Å². The van der Waals surface area contributed by atoms with Crippen molar-refractivity contribution < 1.29 is 0 Å². The molecular weight excluding hydrogens is 512 g/mol. The summed E-state index contributed by atoms with van der Waals surface area (Å²) in [6.07, 6.45) is 0. The van der Waals surface area contributed by atoms with E-state index in [2.05, 4.69) is 117 Å². The highest BCUT2D eigenvalue weighted by Crippen LogP contribution is 2.42. The van der Waals surface area contributed by atoms with Gasteiger partial charge in [-0.15, -0.1) is 0 Å². The van der Waals surface area contributed by atoms with Crippen LogP contribution in [0.1, 0.15) is 5.56 Å². The lowest BCUT2D eigenvalue weighted by Crippen LogP contribution is -2.00. The minimum atomic E-state index is 0.442. The molecule has 8 rings (SSSR count). The molecule has 0 saturated heterocycles. The average Bonchev–Trinajstić information content (AvgIpc) is 3.57. The summed E-state index contributed by atoms with van der Waals surface area (Å²) in [6.45, 7) is 8.17. The number of nitriles is 1. The van der Waals surface area contributed by atoms with Crippen LogP contribution in [0, 0.1) is 17.9 Å². The van der Waals surface area contributed by atoms with Crippen molar-refractivity contribution in [1.82, 2.24) is 9.13 Å². The van der Waals surface area contributed by atoms with Gasteiger partial charge < -0.3 is 9.13 Å². The van der Waals surface area contributed by atoms with Crippen molar-refractivity contribution in [1.29, 1.82) is 5.26 Å². The highest BCUT2D eigenvalue weighted by molar-refractivity contribution is 6.11. The van der Waals surface area contributed by atoms with Crippen molar-refractivity contribution in [2.75, 3.05) is 0 Å². The number of hydrogen-bond acceptors (Lipinski definition) is 1. The number of aromatic nitrogens is 2. The van der Waals surface area contributed by atoms with E-state index >= 15 is 0 Å². The summed E-state index contributed by atoms with van der Waals surface area (Å²) in [5.41, 5.74) is 8.78. The van der Waals surface area contributed by atoms with Crippen LogP contribution in [0.5, 0.6) is 0 Å². The Hall–Kier alpha value is -6.10. The van der Waals surface area contributed by atoms with Crippen molar-refractivity contribution in [3.05, 3.63) is 150 Å². The molecule has 0 spiro atoms. The van der Waals surface area contributed by atoms with Gasteiger partial charge >= 0.3 is 0 Å². The second-order valence-electron chi connectivity index (χ2n) is 10.4. The van der Waals surface area contributed by atoms with Crippen molar-refractivity contribution >= 4 is 49.3 Å². The van der Waals surface area contributed by atoms with Gasteiger partial charge in [-0.05, 0) is 59.7 Å². The van der Waals surface area contributed by atoms with Gasteiger partial charge in [0, 0.05) is 32.8 Å². The maximum Gasteiger partial charge on any atom is 0.212 e. The van der Waals surface area contributed by atoms with Crippen LogP contribution in [0.15, 0.2) is 133 Å². The molecule has 0 aliphatic carbocycles. The van der Waals surface area contributed by atoms with Gasteiger partial charge in [0.2, 0.25) is 5.69 Å². The molecule has 0 aliphatic rings. The van der Waals surface area contributed by atoms with E-state index in [0.29, 0.717) is 11.3 Å². The van der Waals surface area contributed by atoms with Crippen molar-refractivity contribution in [2.45, 2.75) is 0 Å². The lowest BCUT2D eigenvalue weighted by Gasteiger charge is -2.18. The Morgan fingerprint density at radius 2 is 1.05 bits per heavy atom.